The molecule has 0 aliphatic carbocycles. The maximum atomic E-state index is 12.9. The summed E-state index contributed by atoms with van der Waals surface area (Å²) in [6.07, 6.45) is -4.36. The number of alkyl halides is 3. The van der Waals surface area contributed by atoms with Gasteiger partial charge in [0.05, 0.1) is 5.56 Å². The minimum Gasteiger partial charge on any atom is -0.370 e. The summed E-state index contributed by atoms with van der Waals surface area (Å²) in [5.74, 6) is 1.16. The Bertz CT molecular complexity index is 624. The van der Waals surface area contributed by atoms with Crippen molar-refractivity contribution >= 4 is 17.3 Å². The van der Waals surface area contributed by atoms with E-state index in [2.05, 4.69) is 15.6 Å². The SMILES string of the molecule is CCNc1cccc(Nc2ccc(C)c(C(F)(F)F)c2)n1. The Balaban J connectivity index is 2.26. The van der Waals surface area contributed by atoms with Gasteiger partial charge in [0.2, 0.25) is 0 Å². The molecule has 0 amide bonds. The van der Waals surface area contributed by atoms with E-state index in [0.29, 0.717) is 17.3 Å². The van der Waals surface area contributed by atoms with Gasteiger partial charge >= 0.3 is 6.18 Å². The molecular formula is C15H16F3N3. The molecule has 2 aromatic rings. The average molecular weight is 295 g/mol. The van der Waals surface area contributed by atoms with Gasteiger partial charge < -0.3 is 10.6 Å². The van der Waals surface area contributed by atoms with E-state index in [1.165, 1.54) is 13.0 Å². The first-order valence-electron chi connectivity index (χ1n) is 6.56. The van der Waals surface area contributed by atoms with Crippen LogP contribution in [0.1, 0.15) is 18.1 Å². The van der Waals surface area contributed by atoms with Crippen LogP contribution in [0.15, 0.2) is 36.4 Å². The van der Waals surface area contributed by atoms with Crippen molar-refractivity contribution in [3.8, 4) is 0 Å². The lowest BCUT2D eigenvalue weighted by Gasteiger charge is -2.13. The van der Waals surface area contributed by atoms with Crippen molar-refractivity contribution in [3.63, 3.8) is 0 Å². The summed E-state index contributed by atoms with van der Waals surface area (Å²) in [5.41, 5.74) is -0.0909. The zero-order valence-corrected chi connectivity index (χ0v) is 11.8. The third kappa shape index (κ3) is 3.87. The summed E-state index contributed by atoms with van der Waals surface area (Å²) in [4.78, 5) is 4.27. The van der Waals surface area contributed by atoms with Gasteiger partial charge in [-0.05, 0) is 43.7 Å². The van der Waals surface area contributed by atoms with Crippen molar-refractivity contribution in [2.75, 3.05) is 17.2 Å². The standard InChI is InChI=1S/C15H16F3N3/c1-3-19-13-5-4-6-14(21-13)20-11-8-7-10(2)12(9-11)15(16,17)18/h4-9H,3H2,1-2H3,(H2,19,20,21). The molecule has 0 saturated heterocycles. The summed E-state index contributed by atoms with van der Waals surface area (Å²) >= 11 is 0. The Morgan fingerprint density at radius 1 is 1.10 bits per heavy atom. The summed E-state index contributed by atoms with van der Waals surface area (Å²) < 4.78 is 38.6. The Kier molecular flexibility index (Phi) is 4.35. The van der Waals surface area contributed by atoms with Crippen LogP contribution in [0.3, 0.4) is 0 Å². The molecule has 0 bridgehead atoms. The number of pyridine rings is 1. The Labute approximate surface area is 121 Å². The van der Waals surface area contributed by atoms with Crippen LogP contribution in [0.2, 0.25) is 0 Å². The number of hydrogen-bond acceptors (Lipinski definition) is 3. The van der Waals surface area contributed by atoms with Gasteiger partial charge in [0.15, 0.2) is 0 Å². The van der Waals surface area contributed by atoms with Gasteiger partial charge in [-0.15, -0.1) is 0 Å². The quantitative estimate of drug-likeness (QED) is 0.866. The van der Waals surface area contributed by atoms with Crippen molar-refractivity contribution in [3.05, 3.63) is 47.5 Å². The van der Waals surface area contributed by atoms with Crippen LogP contribution in [0, 0.1) is 6.92 Å². The number of nitrogens with one attached hydrogen (secondary N) is 2. The van der Waals surface area contributed by atoms with Crippen LogP contribution >= 0.6 is 0 Å². The molecule has 2 N–H and O–H groups in total. The van der Waals surface area contributed by atoms with Crippen molar-refractivity contribution < 1.29 is 13.2 Å². The zero-order valence-electron chi connectivity index (χ0n) is 11.8. The average Bonchev–Trinajstić information content (AvgIpc) is 2.40. The summed E-state index contributed by atoms with van der Waals surface area (Å²) in [6.45, 7) is 4.10. The summed E-state index contributed by atoms with van der Waals surface area (Å²) in [7, 11) is 0. The molecule has 0 fully saturated rings. The van der Waals surface area contributed by atoms with E-state index in [1.54, 1.807) is 24.3 Å². The molecule has 0 atom stereocenters. The predicted molar refractivity (Wildman–Crippen MR) is 77.9 cm³/mol. The van der Waals surface area contributed by atoms with Crippen molar-refractivity contribution in [1.82, 2.24) is 4.98 Å². The van der Waals surface area contributed by atoms with Crippen LogP contribution < -0.4 is 10.6 Å². The van der Waals surface area contributed by atoms with Crippen LogP contribution in [0.5, 0.6) is 0 Å². The van der Waals surface area contributed by atoms with E-state index in [4.69, 9.17) is 0 Å². The molecule has 1 aromatic carbocycles. The first-order chi connectivity index (χ1) is 9.90. The first kappa shape index (κ1) is 15.2. The third-order valence-corrected chi connectivity index (χ3v) is 2.92. The molecule has 0 radical (unpaired) electrons. The fourth-order valence-electron chi connectivity index (χ4n) is 1.94. The lowest BCUT2D eigenvalue weighted by Crippen LogP contribution is -2.08. The van der Waals surface area contributed by atoms with E-state index in [9.17, 15) is 13.2 Å². The molecule has 6 heteroatoms. The van der Waals surface area contributed by atoms with Crippen molar-refractivity contribution in [1.29, 1.82) is 0 Å². The lowest BCUT2D eigenvalue weighted by atomic mass is 10.1. The molecule has 0 aliphatic rings. The van der Waals surface area contributed by atoms with Gasteiger partial charge in [-0.3, -0.25) is 0 Å². The van der Waals surface area contributed by atoms with E-state index in [-0.39, 0.29) is 5.56 Å². The summed E-state index contributed by atoms with van der Waals surface area (Å²) in [5, 5.41) is 5.94. The van der Waals surface area contributed by atoms with E-state index >= 15 is 0 Å². The molecule has 21 heavy (non-hydrogen) atoms. The highest BCUT2D eigenvalue weighted by atomic mass is 19.4. The minimum atomic E-state index is -4.36. The smallest absolute Gasteiger partial charge is 0.370 e. The van der Waals surface area contributed by atoms with E-state index < -0.39 is 11.7 Å². The fourth-order valence-corrected chi connectivity index (χ4v) is 1.94. The fraction of sp³-hybridized carbons (Fsp3) is 0.267. The molecule has 3 nitrogen and oxygen atoms in total. The number of nitrogens with zero attached hydrogens (tertiary/aromatic N) is 1. The maximum Gasteiger partial charge on any atom is 0.416 e. The van der Waals surface area contributed by atoms with Gasteiger partial charge in [0.25, 0.3) is 0 Å². The van der Waals surface area contributed by atoms with Gasteiger partial charge in [-0.2, -0.15) is 13.2 Å². The molecule has 0 unspecified atom stereocenters. The second-order valence-electron chi connectivity index (χ2n) is 4.59. The second-order valence-corrected chi connectivity index (χ2v) is 4.59. The van der Waals surface area contributed by atoms with Gasteiger partial charge in [-0.25, -0.2) is 4.98 Å². The molecule has 1 aromatic heterocycles. The second kappa shape index (κ2) is 6.03. The normalized spacial score (nSPS) is 11.3. The van der Waals surface area contributed by atoms with Crippen LogP contribution in [-0.4, -0.2) is 11.5 Å². The molecule has 1 heterocycles. The van der Waals surface area contributed by atoms with Crippen LogP contribution in [0.25, 0.3) is 0 Å². The Morgan fingerprint density at radius 2 is 1.81 bits per heavy atom. The van der Waals surface area contributed by atoms with Crippen molar-refractivity contribution in [2.45, 2.75) is 20.0 Å². The number of benzene rings is 1. The van der Waals surface area contributed by atoms with Gasteiger partial charge in [-0.1, -0.05) is 12.1 Å². The van der Waals surface area contributed by atoms with E-state index in [0.717, 1.165) is 12.6 Å². The van der Waals surface area contributed by atoms with E-state index in [1.807, 2.05) is 6.92 Å². The highest BCUT2D eigenvalue weighted by molar-refractivity contribution is 5.60. The van der Waals surface area contributed by atoms with Gasteiger partial charge in [0.1, 0.15) is 11.6 Å². The molecule has 2 rings (SSSR count). The van der Waals surface area contributed by atoms with Crippen LogP contribution in [-0.2, 0) is 6.18 Å². The zero-order chi connectivity index (χ0) is 15.5. The largest absolute Gasteiger partial charge is 0.416 e. The molecular weight excluding hydrogens is 279 g/mol. The number of halogens is 3. The van der Waals surface area contributed by atoms with Gasteiger partial charge in [0, 0.05) is 12.2 Å². The lowest BCUT2D eigenvalue weighted by molar-refractivity contribution is -0.138. The number of rotatable bonds is 4. The third-order valence-electron chi connectivity index (χ3n) is 2.92. The monoisotopic (exact) mass is 295 g/mol. The topological polar surface area (TPSA) is 37.0 Å². The minimum absolute atomic E-state index is 0.197. The Morgan fingerprint density at radius 3 is 2.48 bits per heavy atom. The number of aromatic nitrogens is 1. The Hall–Kier alpha value is -2.24. The summed E-state index contributed by atoms with van der Waals surface area (Å²) in [6, 6.07) is 9.42. The highest BCUT2D eigenvalue weighted by Gasteiger charge is 2.32. The molecule has 0 aliphatic heterocycles. The van der Waals surface area contributed by atoms with Crippen LogP contribution in [0.4, 0.5) is 30.5 Å². The highest BCUT2D eigenvalue weighted by Crippen LogP contribution is 2.34. The first-order valence-corrected chi connectivity index (χ1v) is 6.56. The predicted octanol–water partition coefficient (Wildman–Crippen LogP) is 4.58. The molecule has 0 saturated carbocycles. The molecule has 112 valence electrons. The van der Waals surface area contributed by atoms with Crippen molar-refractivity contribution in [2.24, 2.45) is 0 Å². The number of hydrogen-bond donors (Lipinski definition) is 2. The molecule has 0 spiro atoms. The number of anilines is 3. The number of aryl methyl sites for hydroxylation is 1. The maximum absolute atomic E-state index is 12.9.